The van der Waals surface area contributed by atoms with E-state index >= 15 is 0 Å². The predicted octanol–water partition coefficient (Wildman–Crippen LogP) is 0.256. The van der Waals surface area contributed by atoms with Gasteiger partial charge >= 0.3 is 5.69 Å². The van der Waals surface area contributed by atoms with Crippen molar-refractivity contribution in [3.63, 3.8) is 0 Å². The topological polar surface area (TPSA) is 125 Å². The number of nitrogens with zero attached hydrogens (tertiary/aromatic N) is 6. The second kappa shape index (κ2) is 9.04. The Bertz CT molecular complexity index is 1180. The van der Waals surface area contributed by atoms with Crippen LogP contribution in [0.1, 0.15) is 19.2 Å². The summed E-state index contributed by atoms with van der Waals surface area (Å²) in [7, 11) is 0. The summed E-state index contributed by atoms with van der Waals surface area (Å²) in [5.74, 6) is 0.177. The van der Waals surface area contributed by atoms with Crippen LogP contribution in [0.4, 0.5) is 0 Å². The fourth-order valence-electron chi connectivity index (χ4n) is 3.31. The van der Waals surface area contributed by atoms with Crippen LogP contribution in [0.2, 0.25) is 0 Å². The van der Waals surface area contributed by atoms with Gasteiger partial charge in [0, 0.05) is 32.5 Å². The SMILES string of the molecule is CCn1c(=O)c(-c2noc(CCC(=O)N3CCOCC3)n2)nn(-c2ccccc2)c1=O. The normalized spacial score (nSPS) is 14.0. The molecule has 31 heavy (non-hydrogen) atoms. The molecule has 11 nitrogen and oxygen atoms in total. The van der Waals surface area contributed by atoms with Gasteiger partial charge in [-0.05, 0) is 19.1 Å². The molecule has 0 spiro atoms. The van der Waals surface area contributed by atoms with E-state index in [1.807, 2.05) is 6.07 Å². The van der Waals surface area contributed by atoms with Gasteiger partial charge in [0.15, 0.2) is 5.69 Å². The number of amides is 1. The Balaban J connectivity index is 1.60. The highest BCUT2D eigenvalue weighted by Gasteiger charge is 2.21. The van der Waals surface area contributed by atoms with Crippen molar-refractivity contribution in [1.29, 1.82) is 0 Å². The molecule has 1 fully saturated rings. The van der Waals surface area contributed by atoms with Crippen molar-refractivity contribution in [2.45, 2.75) is 26.3 Å². The van der Waals surface area contributed by atoms with Crippen molar-refractivity contribution < 1.29 is 14.1 Å². The minimum absolute atomic E-state index is 0.0212. The molecule has 0 saturated carbocycles. The number of aromatic nitrogens is 5. The number of hydrogen-bond acceptors (Lipinski definition) is 8. The van der Waals surface area contributed by atoms with Gasteiger partial charge in [0.25, 0.3) is 5.56 Å². The summed E-state index contributed by atoms with van der Waals surface area (Å²) in [5, 5.41) is 8.06. The summed E-state index contributed by atoms with van der Waals surface area (Å²) in [5.41, 5.74) is -0.741. The molecule has 1 amide bonds. The van der Waals surface area contributed by atoms with Crippen LogP contribution >= 0.6 is 0 Å². The molecule has 0 radical (unpaired) electrons. The summed E-state index contributed by atoms with van der Waals surface area (Å²) in [6.45, 7) is 4.05. The first kappa shape index (κ1) is 20.7. The maximum atomic E-state index is 12.8. The maximum absolute atomic E-state index is 12.8. The first-order valence-corrected chi connectivity index (χ1v) is 10.1. The monoisotopic (exact) mass is 426 g/mol. The molecule has 0 bridgehead atoms. The molecule has 1 aliphatic rings. The number of benzene rings is 1. The fourth-order valence-corrected chi connectivity index (χ4v) is 3.31. The van der Waals surface area contributed by atoms with Crippen molar-refractivity contribution in [3.8, 4) is 17.2 Å². The van der Waals surface area contributed by atoms with Crippen LogP contribution in [-0.4, -0.2) is 61.6 Å². The van der Waals surface area contributed by atoms with Gasteiger partial charge in [-0.2, -0.15) is 14.8 Å². The number of carbonyl (C=O) groups excluding carboxylic acids is 1. The van der Waals surface area contributed by atoms with Crippen LogP contribution in [0.25, 0.3) is 17.2 Å². The fraction of sp³-hybridized carbons (Fsp3) is 0.400. The van der Waals surface area contributed by atoms with E-state index < -0.39 is 11.2 Å². The van der Waals surface area contributed by atoms with E-state index in [0.29, 0.717) is 32.0 Å². The second-order valence-corrected chi connectivity index (χ2v) is 6.93. The Hall–Kier alpha value is -3.60. The lowest BCUT2D eigenvalue weighted by atomic mass is 10.2. The summed E-state index contributed by atoms with van der Waals surface area (Å²) in [6.07, 6.45) is 0.446. The number of morpholine rings is 1. The van der Waals surface area contributed by atoms with Gasteiger partial charge < -0.3 is 14.2 Å². The van der Waals surface area contributed by atoms with Crippen molar-refractivity contribution in [2.24, 2.45) is 0 Å². The van der Waals surface area contributed by atoms with Crippen molar-refractivity contribution in [3.05, 3.63) is 57.1 Å². The van der Waals surface area contributed by atoms with Crippen LogP contribution in [0, 0.1) is 0 Å². The molecule has 4 rings (SSSR count). The Kier molecular flexibility index (Phi) is 6.03. The molecule has 0 N–H and O–H groups in total. The highest BCUT2D eigenvalue weighted by molar-refractivity contribution is 5.76. The minimum atomic E-state index is -0.601. The molecule has 1 saturated heterocycles. The van der Waals surface area contributed by atoms with Crippen LogP contribution in [0.3, 0.4) is 0 Å². The second-order valence-electron chi connectivity index (χ2n) is 6.93. The molecular formula is C20H22N6O5. The van der Waals surface area contributed by atoms with Gasteiger partial charge in [0.05, 0.1) is 18.9 Å². The third kappa shape index (κ3) is 4.31. The smallest absolute Gasteiger partial charge is 0.352 e. The Labute approximate surface area is 176 Å². The Morgan fingerprint density at radius 2 is 1.87 bits per heavy atom. The highest BCUT2D eigenvalue weighted by atomic mass is 16.5. The molecule has 3 heterocycles. The number of para-hydroxylation sites is 1. The zero-order valence-electron chi connectivity index (χ0n) is 17.1. The molecule has 0 unspecified atom stereocenters. The quantitative estimate of drug-likeness (QED) is 0.549. The zero-order valence-corrected chi connectivity index (χ0v) is 17.1. The maximum Gasteiger partial charge on any atom is 0.352 e. The van der Waals surface area contributed by atoms with E-state index in [1.54, 1.807) is 36.1 Å². The summed E-state index contributed by atoms with van der Waals surface area (Å²) in [6, 6.07) is 8.77. The third-order valence-corrected chi connectivity index (χ3v) is 4.97. The highest BCUT2D eigenvalue weighted by Crippen LogP contribution is 2.12. The molecule has 162 valence electrons. The first-order valence-electron chi connectivity index (χ1n) is 10.1. The van der Waals surface area contributed by atoms with Crippen molar-refractivity contribution in [2.75, 3.05) is 26.3 Å². The van der Waals surface area contributed by atoms with Gasteiger partial charge in [0.2, 0.25) is 17.6 Å². The average molecular weight is 426 g/mol. The van der Waals surface area contributed by atoms with Crippen LogP contribution in [0.15, 0.2) is 44.4 Å². The van der Waals surface area contributed by atoms with E-state index in [-0.39, 0.29) is 42.7 Å². The number of rotatable bonds is 6. The number of aryl methyl sites for hydroxylation is 1. The molecule has 1 aliphatic heterocycles. The van der Waals surface area contributed by atoms with Crippen LogP contribution in [-0.2, 0) is 22.5 Å². The van der Waals surface area contributed by atoms with E-state index in [9.17, 15) is 14.4 Å². The lowest BCUT2D eigenvalue weighted by Gasteiger charge is -2.26. The number of carbonyl (C=O) groups is 1. The van der Waals surface area contributed by atoms with Gasteiger partial charge in [-0.15, -0.1) is 0 Å². The molecule has 11 heteroatoms. The van der Waals surface area contributed by atoms with Gasteiger partial charge in [-0.3, -0.25) is 14.2 Å². The lowest BCUT2D eigenvalue weighted by molar-refractivity contribution is -0.135. The largest absolute Gasteiger partial charge is 0.378 e. The first-order chi connectivity index (χ1) is 15.1. The molecule has 1 aromatic carbocycles. The Morgan fingerprint density at radius 1 is 1.13 bits per heavy atom. The number of ether oxygens (including phenoxy) is 1. The van der Waals surface area contributed by atoms with E-state index in [1.165, 1.54) is 0 Å². The molecule has 3 aromatic rings. The van der Waals surface area contributed by atoms with Crippen LogP contribution in [0.5, 0.6) is 0 Å². The van der Waals surface area contributed by atoms with Crippen molar-refractivity contribution >= 4 is 5.91 Å². The van der Waals surface area contributed by atoms with Gasteiger partial charge in [0.1, 0.15) is 0 Å². The van der Waals surface area contributed by atoms with Gasteiger partial charge in [-0.1, -0.05) is 23.4 Å². The molecular weight excluding hydrogens is 404 g/mol. The summed E-state index contributed by atoms with van der Waals surface area (Å²) in [4.78, 5) is 43.7. The summed E-state index contributed by atoms with van der Waals surface area (Å²) >= 11 is 0. The third-order valence-electron chi connectivity index (χ3n) is 4.97. The number of hydrogen-bond donors (Lipinski definition) is 0. The van der Waals surface area contributed by atoms with E-state index in [0.717, 1.165) is 9.25 Å². The Morgan fingerprint density at radius 3 is 2.58 bits per heavy atom. The zero-order chi connectivity index (χ0) is 21.8. The van der Waals surface area contributed by atoms with Gasteiger partial charge in [-0.25, -0.2) is 4.79 Å². The summed E-state index contributed by atoms with van der Waals surface area (Å²) < 4.78 is 12.7. The minimum Gasteiger partial charge on any atom is -0.378 e. The average Bonchev–Trinajstić information content (AvgIpc) is 3.28. The molecule has 0 aliphatic carbocycles. The van der Waals surface area contributed by atoms with E-state index in [4.69, 9.17) is 9.26 Å². The van der Waals surface area contributed by atoms with Crippen LogP contribution < -0.4 is 11.2 Å². The van der Waals surface area contributed by atoms with Crippen molar-refractivity contribution in [1.82, 2.24) is 29.4 Å². The molecule has 2 aromatic heterocycles. The molecule has 0 atom stereocenters. The predicted molar refractivity (Wildman–Crippen MR) is 109 cm³/mol. The lowest BCUT2D eigenvalue weighted by Crippen LogP contribution is -2.41. The van der Waals surface area contributed by atoms with E-state index in [2.05, 4.69) is 15.2 Å². The standard InChI is InChI=1S/C20H22N6O5/c1-2-25-19(28)17(22-26(20(25)29)14-6-4-3-5-7-14)18-21-15(31-23-18)8-9-16(27)24-10-12-30-13-11-24/h3-7H,2,8-13H2,1H3.